The summed E-state index contributed by atoms with van der Waals surface area (Å²) in [6.07, 6.45) is 4.38. The molecule has 5 heteroatoms. The molecule has 0 amide bonds. The van der Waals surface area contributed by atoms with Gasteiger partial charge >= 0.3 is 0 Å². The molecule has 1 aromatic heterocycles. The Morgan fingerprint density at radius 3 is 2.95 bits per heavy atom. The second-order valence-electron chi connectivity index (χ2n) is 4.30. The highest BCUT2D eigenvalue weighted by Gasteiger charge is 2.03. The van der Waals surface area contributed by atoms with E-state index in [-0.39, 0.29) is 0 Å². The fourth-order valence-corrected chi connectivity index (χ4v) is 2.46. The zero-order chi connectivity index (χ0) is 13.7. The number of hydrogen-bond acceptors (Lipinski definition) is 4. The van der Waals surface area contributed by atoms with E-state index in [2.05, 4.69) is 10.3 Å². The molecular formula is C14H18N2O2S. The summed E-state index contributed by atoms with van der Waals surface area (Å²) in [5, 5.41) is 5.46. The maximum Gasteiger partial charge on any atom is 0.133 e. The highest BCUT2D eigenvalue weighted by Crippen LogP contribution is 2.25. The van der Waals surface area contributed by atoms with Gasteiger partial charge in [-0.2, -0.15) is 0 Å². The van der Waals surface area contributed by atoms with Crippen molar-refractivity contribution < 1.29 is 8.95 Å². The van der Waals surface area contributed by atoms with Crippen LogP contribution in [0, 0.1) is 0 Å². The van der Waals surface area contributed by atoms with Gasteiger partial charge in [0.15, 0.2) is 0 Å². The van der Waals surface area contributed by atoms with Crippen LogP contribution < -0.4 is 10.1 Å². The van der Waals surface area contributed by atoms with Crippen LogP contribution in [0.3, 0.4) is 0 Å². The van der Waals surface area contributed by atoms with Crippen LogP contribution in [0.1, 0.15) is 6.42 Å². The van der Waals surface area contributed by atoms with Gasteiger partial charge in [-0.15, -0.1) is 0 Å². The molecule has 0 saturated heterocycles. The van der Waals surface area contributed by atoms with E-state index in [0.29, 0.717) is 5.75 Å². The first-order chi connectivity index (χ1) is 9.20. The Morgan fingerprint density at radius 2 is 2.21 bits per heavy atom. The SMILES string of the molecule is COc1ccc2c(NCCCS(C)=O)nccc2c1. The van der Waals surface area contributed by atoms with Crippen LogP contribution in [0.25, 0.3) is 10.8 Å². The van der Waals surface area contributed by atoms with Crippen LogP contribution in [0.2, 0.25) is 0 Å². The van der Waals surface area contributed by atoms with E-state index in [9.17, 15) is 4.21 Å². The summed E-state index contributed by atoms with van der Waals surface area (Å²) in [5.74, 6) is 2.42. The molecule has 0 aliphatic carbocycles. The van der Waals surface area contributed by atoms with Crippen molar-refractivity contribution in [1.82, 2.24) is 4.98 Å². The minimum absolute atomic E-state index is 0.714. The van der Waals surface area contributed by atoms with E-state index in [1.807, 2.05) is 24.3 Å². The lowest BCUT2D eigenvalue weighted by Crippen LogP contribution is -2.07. The van der Waals surface area contributed by atoms with Crippen molar-refractivity contribution in [3.63, 3.8) is 0 Å². The van der Waals surface area contributed by atoms with Crippen molar-refractivity contribution in [1.29, 1.82) is 0 Å². The molecule has 1 aromatic carbocycles. The van der Waals surface area contributed by atoms with Crippen LogP contribution in [-0.4, -0.2) is 34.9 Å². The molecule has 2 aromatic rings. The Kier molecular flexibility index (Phi) is 4.74. The number of hydrogen-bond donors (Lipinski definition) is 1. The molecule has 0 bridgehead atoms. The fraction of sp³-hybridized carbons (Fsp3) is 0.357. The van der Waals surface area contributed by atoms with Gasteiger partial charge < -0.3 is 10.1 Å². The lowest BCUT2D eigenvalue weighted by atomic mass is 10.1. The Hall–Kier alpha value is -1.62. The van der Waals surface area contributed by atoms with Gasteiger partial charge in [-0.1, -0.05) is 0 Å². The molecule has 19 heavy (non-hydrogen) atoms. The van der Waals surface area contributed by atoms with E-state index in [1.54, 1.807) is 19.6 Å². The summed E-state index contributed by atoms with van der Waals surface area (Å²) >= 11 is 0. The van der Waals surface area contributed by atoms with Crippen molar-refractivity contribution in [2.75, 3.05) is 31.0 Å². The molecule has 0 aliphatic rings. The summed E-state index contributed by atoms with van der Waals surface area (Å²) in [5.41, 5.74) is 0. The predicted octanol–water partition coefficient (Wildman–Crippen LogP) is 2.42. The average molecular weight is 278 g/mol. The number of pyridine rings is 1. The van der Waals surface area contributed by atoms with Crippen LogP contribution in [0.5, 0.6) is 5.75 Å². The van der Waals surface area contributed by atoms with E-state index < -0.39 is 10.8 Å². The molecule has 0 fully saturated rings. The number of methoxy groups -OCH3 is 1. The highest BCUT2D eigenvalue weighted by atomic mass is 32.2. The number of anilines is 1. The number of benzene rings is 1. The molecule has 0 aliphatic heterocycles. The molecule has 102 valence electrons. The van der Waals surface area contributed by atoms with Gasteiger partial charge in [0.1, 0.15) is 11.6 Å². The van der Waals surface area contributed by atoms with Gasteiger partial charge in [0.05, 0.1) is 7.11 Å². The van der Waals surface area contributed by atoms with Crippen LogP contribution in [-0.2, 0) is 10.8 Å². The smallest absolute Gasteiger partial charge is 0.133 e. The Balaban J connectivity index is 2.12. The summed E-state index contributed by atoms with van der Waals surface area (Å²) in [6, 6.07) is 7.88. The van der Waals surface area contributed by atoms with Gasteiger partial charge in [-0.25, -0.2) is 4.98 Å². The molecule has 1 heterocycles. The highest BCUT2D eigenvalue weighted by molar-refractivity contribution is 7.84. The molecule has 0 saturated carbocycles. The van der Waals surface area contributed by atoms with Crippen LogP contribution >= 0.6 is 0 Å². The first-order valence-corrected chi connectivity index (χ1v) is 7.90. The third kappa shape index (κ3) is 3.67. The van der Waals surface area contributed by atoms with Gasteiger partial charge in [0, 0.05) is 40.9 Å². The minimum Gasteiger partial charge on any atom is -0.497 e. The minimum atomic E-state index is -0.732. The van der Waals surface area contributed by atoms with Crippen LogP contribution in [0.15, 0.2) is 30.5 Å². The van der Waals surface area contributed by atoms with Gasteiger partial charge in [0.2, 0.25) is 0 Å². The van der Waals surface area contributed by atoms with Gasteiger partial charge in [0.25, 0.3) is 0 Å². The predicted molar refractivity (Wildman–Crippen MR) is 80.3 cm³/mol. The molecule has 0 spiro atoms. The summed E-state index contributed by atoms with van der Waals surface area (Å²) in [6.45, 7) is 0.776. The lowest BCUT2D eigenvalue weighted by Gasteiger charge is -2.09. The molecular weight excluding hydrogens is 260 g/mol. The molecule has 1 atom stereocenters. The van der Waals surface area contributed by atoms with Crippen molar-refractivity contribution in [2.45, 2.75) is 6.42 Å². The number of nitrogens with zero attached hydrogens (tertiary/aromatic N) is 1. The summed E-state index contributed by atoms with van der Waals surface area (Å²) in [7, 11) is 0.927. The quantitative estimate of drug-likeness (QED) is 0.825. The molecule has 2 rings (SSSR count). The third-order valence-corrected chi connectivity index (χ3v) is 3.74. The maximum atomic E-state index is 11.0. The summed E-state index contributed by atoms with van der Waals surface area (Å²) in [4.78, 5) is 4.35. The van der Waals surface area contributed by atoms with Gasteiger partial charge in [-0.3, -0.25) is 4.21 Å². The van der Waals surface area contributed by atoms with E-state index in [4.69, 9.17) is 4.74 Å². The monoisotopic (exact) mass is 278 g/mol. The van der Waals surface area contributed by atoms with Gasteiger partial charge in [-0.05, 0) is 36.1 Å². The van der Waals surface area contributed by atoms with Crippen molar-refractivity contribution in [3.8, 4) is 5.75 Å². The van der Waals surface area contributed by atoms with Crippen molar-refractivity contribution >= 4 is 27.4 Å². The summed E-state index contributed by atoms with van der Waals surface area (Å²) < 4.78 is 16.2. The topological polar surface area (TPSA) is 51.2 Å². The maximum absolute atomic E-state index is 11.0. The molecule has 1 N–H and O–H groups in total. The van der Waals surface area contributed by atoms with Crippen molar-refractivity contribution in [2.24, 2.45) is 0 Å². The second-order valence-corrected chi connectivity index (χ2v) is 5.86. The third-order valence-electron chi connectivity index (χ3n) is 2.87. The Morgan fingerprint density at radius 1 is 1.37 bits per heavy atom. The average Bonchev–Trinajstić information content (AvgIpc) is 2.42. The first-order valence-electron chi connectivity index (χ1n) is 6.17. The Bertz CT molecular complexity index is 587. The Labute approximate surface area is 115 Å². The zero-order valence-corrected chi connectivity index (χ0v) is 12.0. The molecule has 0 radical (unpaired) electrons. The number of fused-ring (bicyclic) bond motifs is 1. The number of ether oxygens (including phenoxy) is 1. The van der Waals surface area contributed by atoms with E-state index in [0.717, 1.165) is 35.3 Å². The number of rotatable bonds is 6. The normalized spacial score (nSPS) is 12.3. The number of aromatic nitrogens is 1. The largest absolute Gasteiger partial charge is 0.497 e. The lowest BCUT2D eigenvalue weighted by molar-refractivity contribution is 0.415. The van der Waals surface area contributed by atoms with E-state index in [1.165, 1.54) is 0 Å². The standard InChI is InChI=1S/C14H18N2O2S/c1-18-12-4-5-13-11(10-12)6-8-16-14(13)15-7-3-9-19(2)17/h4-6,8,10H,3,7,9H2,1-2H3,(H,15,16). The fourth-order valence-electron chi connectivity index (χ4n) is 1.91. The number of nitrogens with one attached hydrogen (secondary N) is 1. The molecule has 4 nitrogen and oxygen atoms in total. The first kappa shape index (κ1) is 13.8. The van der Waals surface area contributed by atoms with Crippen LogP contribution in [0.4, 0.5) is 5.82 Å². The zero-order valence-electron chi connectivity index (χ0n) is 11.2. The van der Waals surface area contributed by atoms with Crippen molar-refractivity contribution in [3.05, 3.63) is 30.5 Å². The second kappa shape index (κ2) is 6.52. The molecule has 1 unspecified atom stereocenters. The van der Waals surface area contributed by atoms with E-state index >= 15 is 0 Å².